The van der Waals surface area contributed by atoms with Gasteiger partial charge in [-0.15, -0.1) is 0 Å². The first kappa shape index (κ1) is 12.7. The highest BCUT2D eigenvalue weighted by atomic mass is 35.5. The van der Waals surface area contributed by atoms with Gasteiger partial charge in [-0.25, -0.2) is 4.39 Å². The van der Waals surface area contributed by atoms with E-state index in [0.29, 0.717) is 35.1 Å². The van der Waals surface area contributed by atoms with Crippen LogP contribution in [-0.2, 0) is 6.42 Å². The van der Waals surface area contributed by atoms with E-state index in [1.54, 1.807) is 24.3 Å². The number of rotatable bonds is 4. The van der Waals surface area contributed by atoms with Gasteiger partial charge < -0.3 is 10.5 Å². The molecule has 0 unspecified atom stereocenters. The molecule has 18 heavy (non-hydrogen) atoms. The molecule has 0 saturated heterocycles. The van der Waals surface area contributed by atoms with E-state index in [1.807, 2.05) is 12.1 Å². The van der Waals surface area contributed by atoms with E-state index in [9.17, 15) is 4.39 Å². The third-order valence-corrected chi connectivity index (χ3v) is 2.94. The Hall–Kier alpha value is -1.74. The Kier molecular flexibility index (Phi) is 4.05. The quantitative estimate of drug-likeness (QED) is 0.856. The molecule has 0 heterocycles. The van der Waals surface area contributed by atoms with Crippen molar-refractivity contribution >= 4 is 17.3 Å². The molecule has 0 spiro atoms. The molecule has 0 amide bonds. The fraction of sp³-hybridized carbons (Fsp3) is 0.143. The first-order chi connectivity index (χ1) is 8.68. The third-order valence-electron chi connectivity index (χ3n) is 2.59. The molecule has 4 heteroatoms. The molecule has 0 aliphatic heterocycles. The van der Waals surface area contributed by atoms with Gasteiger partial charge in [0.2, 0.25) is 0 Å². The van der Waals surface area contributed by atoms with Crippen LogP contribution in [0.15, 0.2) is 42.5 Å². The van der Waals surface area contributed by atoms with Crippen LogP contribution in [0.3, 0.4) is 0 Å². The maximum Gasteiger partial charge on any atom is 0.142 e. The number of hydrogen-bond donors (Lipinski definition) is 1. The molecule has 0 radical (unpaired) electrons. The summed E-state index contributed by atoms with van der Waals surface area (Å²) in [5, 5.41) is 0.416. The molecule has 94 valence electrons. The van der Waals surface area contributed by atoms with Gasteiger partial charge in [-0.1, -0.05) is 29.8 Å². The minimum atomic E-state index is -0.313. The zero-order valence-corrected chi connectivity index (χ0v) is 10.5. The van der Waals surface area contributed by atoms with E-state index >= 15 is 0 Å². The van der Waals surface area contributed by atoms with E-state index in [2.05, 4.69) is 0 Å². The van der Waals surface area contributed by atoms with Crippen LogP contribution in [-0.4, -0.2) is 6.61 Å². The van der Waals surface area contributed by atoms with Crippen LogP contribution in [0.1, 0.15) is 5.56 Å². The standard InChI is InChI=1S/C14H13ClFNO/c15-11-4-3-5-12(16)10(11)8-9-18-14-7-2-1-6-13(14)17/h1-7H,8-9,17H2. The number of hydrogen-bond acceptors (Lipinski definition) is 2. The molecule has 0 aliphatic rings. The van der Waals surface area contributed by atoms with Gasteiger partial charge in [-0.2, -0.15) is 0 Å². The lowest BCUT2D eigenvalue weighted by molar-refractivity contribution is 0.321. The average molecular weight is 266 g/mol. The molecular formula is C14H13ClFNO. The zero-order valence-electron chi connectivity index (χ0n) is 9.70. The molecule has 2 aromatic rings. The maximum absolute atomic E-state index is 13.5. The number of para-hydroxylation sites is 2. The number of nitrogens with two attached hydrogens (primary N) is 1. The smallest absolute Gasteiger partial charge is 0.142 e. The first-order valence-corrected chi connectivity index (χ1v) is 5.96. The summed E-state index contributed by atoms with van der Waals surface area (Å²) in [6.45, 7) is 0.328. The Bertz CT molecular complexity index is 525. The highest BCUT2D eigenvalue weighted by Crippen LogP contribution is 2.22. The minimum Gasteiger partial charge on any atom is -0.491 e. The average Bonchev–Trinajstić information content (AvgIpc) is 2.35. The van der Waals surface area contributed by atoms with Gasteiger partial charge in [0, 0.05) is 17.0 Å². The van der Waals surface area contributed by atoms with E-state index in [1.165, 1.54) is 6.07 Å². The van der Waals surface area contributed by atoms with Gasteiger partial charge in [0.15, 0.2) is 0 Å². The fourth-order valence-electron chi connectivity index (χ4n) is 1.65. The summed E-state index contributed by atoms with van der Waals surface area (Å²) < 4.78 is 19.0. The summed E-state index contributed by atoms with van der Waals surface area (Å²) in [6.07, 6.45) is 0.403. The number of anilines is 1. The second-order valence-electron chi connectivity index (χ2n) is 3.84. The number of nitrogen functional groups attached to an aromatic ring is 1. The highest BCUT2D eigenvalue weighted by Gasteiger charge is 2.07. The SMILES string of the molecule is Nc1ccccc1OCCc1c(F)cccc1Cl. The number of benzene rings is 2. The highest BCUT2D eigenvalue weighted by molar-refractivity contribution is 6.31. The topological polar surface area (TPSA) is 35.2 Å². The Balaban J connectivity index is 1.99. The molecule has 2 rings (SSSR count). The summed E-state index contributed by atoms with van der Waals surface area (Å²) in [5.74, 6) is 0.289. The van der Waals surface area contributed by atoms with Gasteiger partial charge in [0.1, 0.15) is 11.6 Å². The molecule has 0 saturated carbocycles. The second kappa shape index (κ2) is 5.74. The van der Waals surface area contributed by atoms with Crippen molar-refractivity contribution in [1.82, 2.24) is 0 Å². The van der Waals surface area contributed by atoms with Crippen LogP contribution in [0.25, 0.3) is 0 Å². The largest absolute Gasteiger partial charge is 0.491 e. The molecule has 2 N–H and O–H groups in total. The van der Waals surface area contributed by atoms with Crippen LogP contribution >= 0.6 is 11.6 Å². The summed E-state index contributed by atoms with van der Waals surface area (Å²) >= 11 is 5.92. The van der Waals surface area contributed by atoms with Crippen molar-refractivity contribution in [3.05, 3.63) is 58.9 Å². The molecule has 2 aromatic carbocycles. The maximum atomic E-state index is 13.5. The predicted octanol–water partition coefficient (Wildman–Crippen LogP) is 3.68. The molecule has 0 fully saturated rings. The van der Waals surface area contributed by atoms with Crippen molar-refractivity contribution in [3.8, 4) is 5.75 Å². The molecule has 0 bridgehead atoms. The van der Waals surface area contributed by atoms with E-state index in [-0.39, 0.29) is 5.82 Å². The Labute approximate surface area is 110 Å². The Morgan fingerprint density at radius 1 is 1.11 bits per heavy atom. The van der Waals surface area contributed by atoms with Crippen molar-refractivity contribution in [1.29, 1.82) is 0 Å². The van der Waals surface area contributed by atoms with Crippen LogP contribution < -0.4 is 10.5 Å². The van der Waals surface area contributed by atoms with Gasteiger partial charge in [0.05, 0.1) is 12.3 Å². The van der Waals surface area contributed by atoms with Gasteiger partial charge in [0.25, 0.3) is 0 Å². The minimum absolute atomic E-state index is 0.313. The molecule has 2 nitrogen and oxygen atoms in total. The van der Waals surface area contributed by atoms with E-state index in [0.717, 1.165) is 0 Å². The van der Waals surface area contributed by atoms with Gasteiger partial charge in [-0.05, 0) is 24.3 Å². The van der Waals surface area contributed by atoms with E-state index < -0.39 is 0 Å². The lowest BCUT2D eigenvalue weighted by Gasteiger charge is -2.09. The Morgan fingerprint density at radius 2 is 1.89 bits per heavy atom. The zero-order chi connectivity index (χ0) is 13.0. The number of ether oxygens (including phenoxy) is 1. The summed E-state index contributed by atoms with van der Waals surface area (Å²) in [6, 6.07) is 11.8. The lowest BCUT2D eigenvalue weighted by atomic mass is 10.1. The Morgan fingerprint density at radius 3 is 2.61 bits per heavy atom. The van der Waals surface area contributed by atoms with Crippen LogP contribution in [0.4, 0.5) is 10.1 Å². The normalized spacial score (nSPS) is 10.3. The monoisotopic (exact) mass is 265 g/mol. The number of halogens is 2. The van der Waals surface area contributed by atoms with Crippen LogP contribution in [0, 0.1) is 5.82 Å². The van der Waals surface area contributed by atoms with Crippen LogP contribution in [0.2, 0.25) is 5.02 Å². The van der Waals surface area contributed by atoms with Gasteiger partial charge >= 0.3 is 0 Å². The van der Waals surface area contributed by atoms with E-state index in [4.69, 9.17) is 22.1 Å². The van der Waals surface area contributed by atoms with Crippen molar-refractivity contribution < 1.29 is 9.13 Å². The molecule has 0 aromatic heterocycles. The second-order valence-corrected chi connectivity index (χ2v) is 4.24. The predicted molar refractivity (Wildman–Crippen MR) is 71.5 cm³/mol. The van der Waals surface area contributed by atoms with Crippen molar-refractivity contribution in [2.75, 3.05) is 12.3 Å². The molecule has 0 aliphatic carbocycles. The van der Waals surface area contributed by atoms with Crippen molar-refractivity contribution in [2.45, 2.75) is 6.42 Å². The lowest BCUT2D eigenvalue weighted by Crippen LogP contribution is -2.05. The van der Waals surface area contributed by atoms with Gasteiger partial charge in [-0.3, -0.25) is 0 Å². The summed E-state index contributed by atoms with van der Waals surface area (Å²) in [7, 11) is 0. The summed E-state index contributed by atoms with van der Waals surface area (Å²) in [5.41, 5.74) is 6.77. The molecule has 0 atom stereocenters. The molecular weight excluding hydrogens is 253 g/mol. The third kappa shape index (κ3) is 2.93. The fourth-order valence-corrected chi connectivity index (χ4v) is 1.90. The van der Waals surface area contributed by atoms with Crippen molar-refractivity contribution in [3.63, 3.8) is 0 Å². The van der Waals surface area contributed by atoms with Crippen LogP contribution in [0.5, 0.6) is 5.75 Å². The summed E-state index contributed by atoms with van der Waals surface area (Å²) in [4.78, 5) is 0. The van der Waals surface area contributed by atoms with Crippen molar-refractivity contribution in [2.24, 2.45) is 0 Å². The first-order valence-electron chi connectivity index (χ1n) is 5.58.